The third-order valence-electron chi connectivity index (χ3n) is 6.31. The quantitative estimate of drug-likeness (QED) is 0.328. The average Bonchev–Trinajstić information content (AvgIpc) is 3.49. The van der Waals surface area contributed by atoms with Crippen LogP contribution in [-0.4, -0.2) is 40.3 Å². The van der Waals surface area contributed by atoms with E-state index in [0.29, 0.717) is 58.0 Å². The molecule has 0 aliphatic carbocycles. The van der Waals surface area contributed by atoms with Crippen molar-refractivity contribution in [2.45, 2.75) is 12.0 Å². The molecule has 8 nitrogen and oxygen atoms in total. The molecule has 0 saturated carbocycles. The summed E-state index contributed by atoms with van der Waals surface area (Å²) in [6.45, 7) is 1.24. The number of hydrogen-bond donors (Lipinski definition) is 4. The fraction of sp³-hybridized carbons (Fsp3) is 0.160. The number of para-hydroxylation sites is 1. The predicted octanol–water partition coefficient (Wildman–Crippen LogP) is 4.34. The van der Waals surface area contributed by atoms with Gasteiger partial charge in [0.15, 0.2) is 5.78 Å². The maximum Gasteiger partial charge on any atom is 0.251 e. The molecule has 34 heavy (non-hydrogen) atoms. The lowest BCUT2D eigenvalue weighted by atomic mass is 9.92. The van der Waals surface area contributed by atoms with Crippen LogP contribution in [0.1, 0.15) is 22.3 Å². The third-order valence-corrected chi connectivity index (χ3v) is 6.63. The Labute approximate surface area is 199 Å². The Balaban J connectivity index is 1.38. The fourth-order valence-corrected chi connectivity index (χ4v) is 4.80. The summed E-state index contributed by atoms with van der Waals surface area (Å²) in [5.41, 5.74) is 1.78. The van der Waals surface area contributed by atoms with Crippen LogP contribution in [-0.2, 0) is 4.79 Å². The van der Waals surface area contributed by atoms with Gasteiger partial charge in [-0.1, -0.05) is 29.8 Å². The van der Waals surface area contributed by atoms with Gasteiger partial charge in [-0.05, 0) is 37.2 Å². The monoisotopic (exact) mass is 473 g/mol. The normalized spacial score (nSPS) is 19.0. The molecule has 6 rings (SSSR count). The zero-order chi connectivity index (χ0) is 23.3. The molecule has 2 aromatic carbocycles. The SMILES string of the molecule is O=C(c1ccc(Oc2ccccc2)cc1Cl)c1c[nH]c2ncc3c(c12)NC1(CCNC1)C(=O)N3. The maximum absolute atomic E-state index is 13.6. The van der Waals surface area contributed by atoms with Crippen molar-refractivity contribution in [3.05, 3.63) is 77.1 Å². The minimum absolute atomic E-state index is 0.105. The Bertz CT molecular complexity index is 1440. The molecule has 0 radical (unpaired) electrons. The van der Waals surface area contributed by atoms with E-state index in [-0.39, 0.29) is 16.7 Å². The fourth-order valence-electron chi connectivity index (χ4n) is 4.54. The Hall–Kier alpha value is -3.88. The van der Waals surface area contributed by atoms with E-state index in [1.165, 1.54) is 0 Å². The number of nitrogens with zero attached hydrogens (tertiary/aromatic N) is 1. The van der Waals surface area contributed by atoms with Gasteiger partial charge in [-0.25, -0.2) is 4.98 Å². The molecule has 4 heterocycles. The molecule has 4 N–H and O–H groups in total. The Morgan fingerprint density at radius 1 is 1.09 bits per heavy atom. The topological polar surface area (TPSA) is 108 Å². The highest BCUT2D eigenvalue weighted by atomic mass is 35.5. The van der Waals surface area contributed by atoms with Crippen LogP contribution in [0.2, 0.25) is 5.02 Å². The van der Waals surface area contributed by atoms with Crippen molar-refractivity contribution in [3.63, 3.8) is 0 Å². The van der Waals surface area contributed by atoms with Crippen LogP contribution in [0.4, 0.5) is 11.4 Å². The van der Waals surface area contributed by atoms with Crippen LogP contribution in [0, 0.1) is 0 Å². The number of halogens is 1. The summed E-state index contributed by atoms with van der Waals surface area (Å²) in [6.07, 6.45) is 3.86. The zero-order valence-electron chi connectivity index (χ0n) is 17.9. The molecule has 9 heteroatoms. The van der Waals surface area contributed by atoms with E-state index >= 15 is 0 Å². The number of pyridine rings is 1. The van der Waals surface area contributed by atoms with Crippen LogP contribution in [0.3, 0.4) is 0 Å². The molecule has 1 spiro atoms. The van der Waals surface area contributed by atoms with Crippen LogP contribution >= 0.6 is 11.6 Å². The Morgan fingerprint density at radius 2 is 1.94 bits per heavy atom. The summed E-state index contributed by atoms with van der Waals surface area (Å²) in [7, 11) is 0. The van der Waals surface area contributed by atoms with Crippen molar-refractivity contribution in [2.75, 3.05) is 23.7 Å². The first-order valence-electron chi connectivity index (χ1n) is 10.9. The van der Waals surface area contributed by atoms with Crippen molar-refractivity contribution >= 4 is 45.7 Å². The molecular weight excluding hydrogens is 454 g/mol. The molecule has 1 fully saturated rings. The van der Waals surface area contributed by atoms with Gasteiger partial charge < -0.3 is 25.7 Å². The van der Waals surface area contributed by atoms with Crippen LogP contribution in [0.25, 0.3) is 11.0 Å². The molecule has 2 aromatic heterocycles. The number of ketones is 1. The zero-order valence-corrected chi connectivity index (χ0v) is 18.7. The van der Waals surface area contributed by atoms with Crippen molar-refractivity contribution in [2.24, 2.45) is 0 Å². The lowest BCUT2D eigenvalue weighted by Crippen LogP contribution is -2.54. The smallest absolute Gasteiger partial charge is 0.251 e. The molecule has 2 aliphatic heterocycles. The van der Waals surface area contributed by atoms with Crippen LogP contribution in [0.5, 0.6) is 11.5 Å². The second kappa shape index (κ2) is 7.86. The first-order valence-corrected chi connectivity index (χ1v) is 11.3. The van der Waals surface area contributed by atoms with E-state index in [1.54, 1.807) is 30.6 Å². The second-order valence-electron chi connectivity index (χ2n) is 8.45. The molecule has 1 saturated heterocycles. The number of rotatable bonds is 4. The van der Waals surface area contributed by atoms with E-state index in [0.717, 1.165) is 6.54 Å². The van der Waals surface area contributed by atoms with E-state index in [4.69, 9.17) is 16.3 Å². The number of hydrogen-bond acceptors (Lipinski definition) is 6. The van der Waals surface area contributed by atoms with E-state index < -0.39 is 5.54 Å². The molecule has 0 bridgehead atoms. The van der Waals surface area contributed by atoms with E-state index in [2.05, 4.69) is 25.9 Å². The molecule has 170 valence electrons. The summed E-state index contributed by atoms with van der Waals surface area (Å²) in [5.74, 6) is 0.850. The molecule has 2 aliphatic rings. The minimum atomic E-state index is -0.757. The highest BCUT2D eigenvalue weighted by Gasteiger charge is 2.45. The molecule has 1 amide bonds. The van der Waals surface area contributed by atoms with Gasteiger partial charge in [-0.2, -0.15) is 0 Å². The number of amides is 1. The van der Waals surface area contributed by atoms with Gasteiger partial charge in [0, 0.05) is 24.4 Å². The van der Waals surface area contributed by atoms with Gasteiger partial charge in [-0.3, -0.25) is 9.59 Å². The van der Waals surface area contributed by atoms with E-state index in [9.17, 15) is 9.59 Å². The lowest BCUT2D eigenvalue weighted by Gasteiger charge is -2.35. The van der Waals surface area contributed by atoms with Crippen molar-refractivity contribution in [1.29, 1.82) is 0 Å². The lowest BCUT2D eigenvalue weighted by molar-refractivity contribution is -0.120. The van der Waals surface area contributed by atoms with Crippen molar-refractivity contribution in [3.8, 4) is 11.5 Å². The number of anilines is 2. The maximum atomic E-state index is 13.6. The van der Waals surface area contributed by atoms with Gasteiger partial charge in [0.25, 0.3) is 5.91 Å². The summed E-state index contributed by atoms with van der Waals surface area (Å²) in [6, 6.07) is 14.3. The number of fused-ring (bicyclic) bond motifs is 3. The third kappa shape index (κ3) is 3.30. The molecule has 1 unspecified atom stereocenters. The van der Waals surface area contributed by atoms with Crippen molar-refractivity contribution in [1.82, 2.24) is 15.3 Å². The largest absolute Gasteiger partial charge is 0.457 e. The summed E-state index contributed by atoms with van der Waals surface area (Å²) < 4.78 is 5.82. The van der Waals surface area contributed by atoms with Crippen molar-refractivity contribution < 1.29 is 14.3 Å². The Kier molecular flexibility index (Phi) is 4.79. The van der Waals surface area contributed by atoms with Crippen LogP contribution < -0.4 is 20.7 Å². The highest BCUT2D eigenvalue weighted by Crippen LogP contribution is 2.40. The van der Waals surface area contributed by atoms with Gasteiger partial charge in [0.2, 0.25) is 0 Å². The number of ether oxygens (including phenoxy) is 1. The number of aromatic nitrogens is 2. The first kappa shape index (κ1) is 20.7. The summed E-state index contributed by atoms with van der Waals surface area (Å²) in [5, 5.41) is 10.5. The van der Waals surface area contributed by atoms with Gasteiger partial charge >= 0.3 is 0 Å². The van der Waals surface area contributed by atoms with Gasteiger partial charge in [0.1, 0.15) is 22.7 Å². The predicted molar refractivity (Wildman–Crippen MR) is 130 cm³/mol. The Morgan fingerprint density at radius 3 is 2.71 bits per heavy atom. The average molecular weight is 474 g/mol. The number of carbonyl (C=O) groups excluding carboxylic acids is 2. The van der Waals surface area contributed by atoms with Gasteiger partial charge in [-0.15, -0.1) is 0 Å². The molecule has 4 aromatic rings. The number of nitrogens with one attached hydrogen (secondary N) is 4. The molecular formula is C25H20ClN5O3. The molecule has 1 atom stereocenters. The summed E-state index contributed by atoms with van der Waals surface area (Å²) >= 11 is 6.51. The summed E-state index contributed by atoms with van der Waals surface area (Å²) in [4.78, 5) is 33.8. The first-order chi connectivity index (χ1) is 16.5. The van der Waals surface area contributed by atoms with Crippen LogP contribution in [0.15, 0.2) is 60.9 Å². The number of benzene rings is 2. The minimum Gasteiger partial charge on any atom is -0.457 e. The number of H-pyrrole nitrogens is 1. The number of carbonyl (C=O) groups is 2. The number of aromatic amines is 1. The van der Waals surface area contributed by atoms with Gasteiger partial charge in [0.05, 0.1) is 33.5 Å². The highest BCUT2D eigenvalue weighted by molar-refractivity contribution is 6.36. The standard InChI is InChI=1S/C25H20ClN5O3/c26-18-10-15(34-14-4-2-1-3-5-14)6-7-16(18)22(32)17-11-28-23-20(17)21-19(12-29-23)30-24(33)25(31-21)8-9-27-13-25/h1-7,10-12,27,31H,8-9,13H2,(H,28,29)(H,30,33). The van der Waals surface area contributed by atoms with E-state index in [1.807, 2.05) is 30.3 Å². The second-order valence-corrected chi connectivity index (χ2v) is 8.85.